The highest BCUT2D eigenvalue weighted by Crippen LogP contribution is 2.20. The van der Waals surface area contributed by atoms with E-state index >= 15 is 0 Å². The molecule has 0 radical (unpaired) electrons. The third kappa shape index (κ3) is 3.54. The molecule has 3 heterocycles. The molecule has 6 heteroatoms. The molecule has 1 fully saturated rings. The van der Waals surface area contributed by atoms with E-state index in [1.54, 1.807) is 6.20 Å². The van der Waals surface area contributed by atoms with Crippen LogP contribution in [0.3, 0.4) is 0 Å². The third-order valence-electron chi connectivity index (χ3n) is 4.87. The molecule has 1 unspecified atom stereocenters. The SMILES string of the molecule is Cc1cnn(CC2CCCN2C(=O)Cc2cnn(-c3ccccc3)c2)c1. The fourth-order valence-corrected chi connectivity index (χ4v) is 3.59. The standard InChI is InChI=1S/C20H23N5O/c1-16-11-21-23(13-16)15-19-8-5-9-24(19)20(26)10-17-12-22-25(14-17)18-6-3-2-4-7-18/h2-4,6-7,11-14,19H,5,8-10,15H2,1H3. The lowest BCUT2D eigenvalue weighted by atomic mass is 10.2. The number of para-hydroxylation sites is 1. The van der Waals surface area contributed by atoms with Crippen LogP contribution >= 0.6 is 0 Å². The first-order chi connectivity index (χ1) is 12.7. The van der Waals surface area contributed by atoms with Gasteiger partial charge < -0.3 is 4.90 Å². The molecule has 26 heavy (non-hydrogen) atoms. The molecule has 1 saturated heterocycles. The van der Waals surface area contributed by atoms with E-state index in [0.29, 0.717) is 6.42 Å². The molecule has 3 aromatic rings. The van der Waals surface area contributed by atoms with Gasteiger partial charge in [0.25, 0.3) is 0 Å². The molecule has 1 aliphatic rings. The normalized spacial score (nSPS) is 17.0. The highest BCUT2D eigenvalue weighted by molar-refractivity contribution is 5.79. The van der Waals surface area contributed by atoms with Crippen LogP contribution in [0.15, 0.2) is 55.1 Å². The molecular weight excluding hydrogens is 326 g/mol. The van der Waals surface area contributed by atoms with Crippen molar-refractivity contribution in [3.63, 3.8) is 0 Å². The van der Waals surface area contributed by atoms with Crippen LogP contribution in [0.5, 0.6) is 0 Å². The summed E-state index contributed by atoms with van der Waals surface area (Å²) in [5.74, 6) is 0.170. The maximum Gasteiger partial charge on any atom is 0.227 e. The van der Waals surface area contributed by atoms with Gasteiger partial charge in [0, 0.05) is 18.9 Å². The van der Waals surface area contributed by atoms with Crippen molar-refractivity contribution < 1.29 is 4.79 Å². The van der Waals surface area contributed by atoms with Crippen molar-refractivity contribution in [2.24, 2.45) is 0 Å². The second kappa shape index (κ2) is 7.15. The van der Waals surface area contributed by atoms with Gasteiger partial charge in [0.1, 0.15) is 0 Å². The number of hydrogen-bond acceptors (Lipinski definition) is 3. The zero-order chi connectivity index (χ0) is 17.9. The zero-order valence-corrected chi connectivity index (χ0v) is 15.0. The number of likely N-dealkylation sites (tertiary alicyclic amines) is 1. The van der Waals surface area contributed by atoms with Gasteiger partial charge in [-0.2, -0.15) is 10.2 Å². The van der Waals surface area contributed by atoms with E-state index < -0.39 is 0 Å². The Balaban J connectivity index is 1.42. The van der Waals surface area contributed by atoms with Crippen LogP contribution in [-0.4, -0.2) is 43.0 Å². The number of amides is 1. The van der Waals surface area contributed by atoms with E-state index in [9.17, 15) is 4.79 Å². The molecule has 6 nitrogen and oxygen atoms in total. The summed E-state index contributed by atoms with van der Waals surface area (Å²) in [6.45, 7) is 3.63. The van der Waals surface area contributed by atoms with Gasteiger partial charge in [0.15, 0.2) is 0 Å². The summed E-state index contributed by atoms with van der Waals surface area (Å²) >= 11 is 0. The Morgan fingerprint density at radius 2 is 2.00 bits per heavy atom. The van der Waals surface area contributed by atoms with Gasteiger partial charge >= 0.3 is 0 Å². The molecule has 1 amide bonds. The second-order valence-corrected chi connectivity index (χ2v) is 6.93. The summed E-state index contributed by atoms with van der Waals surface area (Å²) in [5.41, 5.74) is 3.09. The molecular formula is C20H23N5O. The van der Waals surface area contributed by atoms with Crippen molar-refractivity contribution in [3.05, 3.63) is 66.2 Å². The number of carbonyl (C=O) groups excluding carboxylic acids is 1. The summed E-state index contributed by atoms with van der Waals surface area (Å²) in [5, 5.41) is 8.75. The molecule has 1 aliphatic heterocycles. The average Bonchev–Trinajstić information content (AvgIpc) is 3.38. The van der Waals surface area contributed by atoms with E-state index in [1.807, 2.05) is 70.1 Å². The van der Waals surface area contributed by atoms with Crippen LogP contribution in [-0.2, 0) is 17.8 Å². The van der Waals surface area contributed by atoms with E-state index in [1.165, 1.54) is 0 Å². The minimum Gasteiger partial charge on any atom is -0.338 e. The molecule has 0 bridgehead atoms. The fraction of sp³-hybridized carbons (Fsp3) is 0.350. The lowest BCUT2D eigenvalue weighted by Crippen LogP contribution is -2.39. The first-order valence-electron chi connectivity index (χ1n) is 9.06. The predicted octanol–water partition coefficient (Wildman–Crippen LogP) is 2.61. The van der Waals surface area contributed by atoms with Crippen molar-refractivity contribution in [1.29, 1.82) is 0 Å². The Kier molecular flexibility index (Phi) is 4.56. The molecule has 0 N–H and O–H groups in total. The van der Waals surface area contributed by atoms with Gasteiger partial charge in [-0.25, -0.2) is 4.68 Å². The summed E-state index contributed by atoms with van der Waals surface area (Å²) in [6.07, 6.45) is 10.1. The first-order valence-corrected chi connectivity index (χ1v) is 9.06. The van der Waals surface area contributed by atoms with Gasteiger partial charge in [-0.15, -0.1) is 0 Å². The maximum atomic E-state index is 12.8. The van der Waals surface area contributed by atoms with Gasteiger partial charge in [0.05, 0.1) is 37.1 Å². The molecule has 0 spiro atoms. The van der Waals surface area contributed by atoms with Crippen molar-refractivity contribution in [1.82, 2.24) is 24.5 Å². The first kappa shape index (κ1) is 16.6. The van der Waals surface area contributed by atoms with Crippen LogP contribution in [0.1, 0.15) is 24.0 Å². The third-order valence-corrected chi connectivity index (χ3v) is 4.87. The zero-order valence-electron chi connectivity index (χ0n) is 15.0. The lowest BCUT2D eigenvalue weighted by molar-refractivity contribution is -0.131. The monoisotopic (exact) mass is 349 g/mol. The van der Waals surface area contributed by atoms with Crippen LogP contribution in [0.25, 0.3) is 5.69 Å². The van der Waals surface area contributed by atoms with E-state index in [-0.39, 0.29) is 11.9 Å². The number of aryl methyl sites for hydroxylation is 1. The Bertz CT molecular complexity index is 883. The summed E-state index contributed by atoms with van der Waals surface area (Å²) in [4.78, 5) is 14.8. The van der Waals surface area contributed by atoms with E-state index in [4.69, 9.17) is 0 Å². The smallest absolute Gasteiger partial charge is 0.227 e. The number of benzene rings is 1. The van der Waals surface area contributed by atoms with Crippen molar-refractivity contribution in [2.45, 2.75) is 38.8 Å². The van der Waals surface area contributed by atoms with Gasteiger partial charge in [0.2, 0.25) is 5.91 Å². The van der Waals surface area contributed by atoms with Crippen molar-refractivity contribution in [3.8, 4) is 5.69 Å². The Morgan fingerprint density at radius 1 is 1.15 bits per heavy atom. The fourth-order valence-electron chi connectivity index (χ4n) is 3.59. The van der Waals surface area contributed by atoms with Gasteiger partial charge in [-0.3, -0.25) is 9.48 Å². The Morgan fingerprint density at radius 3 is 2.77 bits per heavy atom. The highest BCUT2D eigenvalue weighted by Gasteiger charge is 2.29. The highest BCUT2D eigenvalue weighted by atomic mass is 16.2. The molecule has 134 valence electrons. The number of hydrogen-bond donors (Lipinski definition) is 0. The largest absolute Gasteiger partial charge is 0.338 e. The molecule has 0 saturated carbocycles. The van der Waals surface area contributed by atoms with Crippen LogP contribution in [0, 0.1) is 6.92 Å². The van der Waals surface area contributed by atoms with Gasteiger partial charge in [-0.1, -0.05) is 18.2 Å². The molecule has 2 aromatic heterocycles. The lowest BCUT2D eigenvalue weighted by Gasteiger charge is -2.24. The summed E-state index contributed by atoms with van der Waals surface area (Å²) in [7, 11) is 0. The molecule has 0 aliphatic carbocycles. The minimum absolute atomic E-state index is 0.170. The Hall–Kier alpha value is -2.89. The van der Waals surface area contributed by atoms with E-state index in [0.717, 1.165) is 42.7 Å². The summed E-state index contributed by atoms with van der Waals surface area (Å²) in [6, 6.07) is 10.2. The second-order valence-electron chi connectivity index (χ2n) is 6.93. The van der Waals surface area contributed by atoms with Crippen molar-refractivity contribution >= 4 is 5.91 Å². The van der Waals surface area contributed by atoms with Gasteiger partial charge in [-0.05, 0) is 43.0 Å². The molecule has 4 rings (SSSR count). The quantitative estimate of drug-likeness (QED) is 0.711. The Labute approximate surface area is 153 Å². The predicted molar refractivity (Wildman–Crippen MR) is 99.0 cm³/mol. The number of nitrogens with zero attached hydrogens (tertiary/aromatic N) is 5. The number of aromatic nitrogens is 4. The van der Waals surface area contributed by atoms with Crippen LogP contribution in [0.2, 0.25) is 0 Å². The molecule has 1 aromatic carbocycles. The van der Waals surface area contributed by atoms with E-state index in [2.05, 4.69) is 10.2 Å². The summed E-state index contributed by atoms with van der Waals surface area (Å²) < 4.78 is 3.76. The topological polar surface area (TPSA) is 56.0 Å². The number of rotatable bonds is 5. The average molecular weight is 349 g/mol. The molecule has 1 atom stereocenters. The maximum absolute atomic E-state index is 12.8. The van der Waals surface area contributed by atoms with Crippen LogP contribution in [0.4, 0.5) is 0 Å². The van der Waals surface area contributed by atoms with Crippen LogP contribution < -0.4 is 0 Å². The minimum atomic E-state index is 0.170. The number of carbonyl (C=O) groups is 1. The van der Waals surface area contributed by atoms with Crippen molar-refractivity contribution in [2.75, 3.05) is 6.54 Å².